The van der Waals surface area contributed by atoms with E-state index in [1.165, 1.54) is 31.0 Å². The number of carbonyl (C=O) groups excluding carboxylic acids is 1. The summed E-state index contributed by atoms with van der Waals surface area (Å²) >= 11 is 1.28. The van der Waals surface area contributed by atoms with E-state index in [2.05, 4.69) is 27.4 Å². The highest BCUT2D eigenvalue weighted by atomic mass is 32.2. The van der Waals surface area contributed by atoms with Gasteiger partial charge in [-0.25, -0.2) is 0 Å². The smallest absolute Gasteiger partial charge is 0.277 e. The Balaban J connectivity index is 1.57. The Labute approximate surface area is 145 Å². The van der Waals surface area contributed by atoms with Crippen molar-refractivity contribution < 1.29 is 9.21 Å². The van der Waals surface area contributed by atoms with E-state index in [1.54, 1.807) is 12.4 Å². The molecule has 1 fully saturated rings. The molecule has 3 atom stereocenters. The number of aromatic nitrogens is 3. The van der Waals surface area contributed by atoms with Crippen LogP contribution in [-0.2, 0) is 4.79 Å². The number of thioether (sulfide) groups is 1. The Hall–Kier alpha value is -1.89. The van der Waals surface area contributed by atoms with Crippen molar-refractivity contribution in [1.29, 1.82) is 0 Å². The average Bonchev–Trinajstić information content (AvgIpc) is 3.06. The molecule has 0 aromatic carbocycles. The molecule has 1 aliphatic carbocycles. The first-order valence-corrected chi connectivity index (χ1v) is 9.22. The van der Waals surface area contributed by atoms with E-state index >= 15 is 0 Å². The van der Waals surface area contributed by atoms with E-state index in [-0.39, 0.29) is 17.2 Å². The number of nitrogens with one attached hydrogen (secondary N) is 1. The Morgan fingerprint density at radius 2 is 2.21 bits per heavy atom. The largest absolute Gasteiger partial charge is 0.411 e. The molecule has 0 saturated heterocycles. The van der Waals surface area contributed by atoms with Gasteiger partial charge in [0.1, 0.15) is 0 Å². The summed E-state index contributed by atoms with van der Waals surface area (Å²) in [6.07, 6.45) is 8.06. The molecule has 1 saturated carbocycles. The maximum atomic E-state index is 12.4. The van der Waals surface area contributed by atoms with Crippen molar-refractivity contribution in [3.63, 3.8) is 0 Å². The number of hydrogen-bond donors (Lipinski definition) is 1. The summed E-state index contributed by atoms with van der Waals surface area (Å²) < 4.78 is 5.62. The molecule has 0 radical (unpaired) electrons. The fraction of sp³-hybridized carbons (Fsp3) is 0.529. The maximum Gasteiger partial charge on any atom is 0.277 e. The second kappa shape index (κ2) is 7.79. The molecule has 2 aromatic rings. The van der Waals surface area contributed by atoms with Crippen LogP contribution in [0.5, 0.6) is 0 Å². The zero-order valence-electron chi connectivity index (χ0n) is 13.9. The van der Waals surface area contributed by atoms with Gasteiger partial charge in [-0.05, 0) is 37.8 Å². The molecule has 0 spiro atoms. The van der Waals surface area contributed by atoms with Gasteiger partial charge in [0.15, 0.2) is 0 Å². The van der Waals surface area contributed by atoms with Gasteiger partial charge in [0.05, 0.1) is 10.8 Å². The number of hydrogen-bond acceptors (Lipinski definition) is 6. The summed E-state index contributed by atoms with van der Waals surface area (Å²) in [5, 5.41) is 11.3. The molecule has 7 heteroatoms. The van der Waals surface area contributed by atoms with Gasteiger partial charge in [0.2, 0.25) is 11.8 Å². The SMILES string of the molecule is C[C@@H]1CCCC[C@H]1NC(=O)[C@@H](C)Sc1nnc(-c2cccnc2)o1. The van der Waals surface area contributed by atoms with Gasteiger partial charge in [-0.1, -0.05) is 31.5 Å². The number of rotatable bonds is 5. The third kappa shape index (κ3) is 4.14. The highest BCUT2D eigenvalue weighted by molar-refractivity contribution is 8.00. The van der Waals surface area contributed by atoms with Gasteiger partial charge >= 0.3 is 0 Å². The first-order chi connectivity index (χ1) is 11.6. The second-order valence-electron chi connectivity index (χ2n) is 6.25. The Bertz CT molecular complexity index is 676. The van der Waals surface area contributed by atoms with E-state index in [0.717, 1.165) is 12.0 Å². The van der Waals surface area contributed by atoms with Crippen molar-refractivity contribution in [2.45, 2.75) is 56.0 Å². The summed E-state index contributed by atoms with van der Waals surface area (Å²) in [5.74, 6) is 0.986. The molecule has 6 nitrogen and oxygen atoms in total. The van der Waals surface area contributed by atoms with Crippen LogP contribution in [0.1, 0.15) is 39.5 Å². The Kier molecular flexibility index (Phi) is 5.50. The quantitative estimate of drug-likeness (QED) is 0.837. The topological polar surface area (TPSA) is 80.9 Å². The normalized spacial score (nSPS) is 22.1. The lowest BCUT2D eigenvalue weighted by Crippen LogP contribution is -2.44. The molecule has 24 heavy (non-hydrogen) atoms. The molecule has 2 heterocycles. The molecule has 0 unspecified atom stereocenters. The van der Waals surface area contributed by atoms with E-state index in [1.807, 2.05) is 19.1 Å². The Morgan fingerprint density at radius 1 is 1.38 bits per heavy atom. The second-order valence-corrected chi connectivity index (χ2v) is 7.54. The summed E-state index contributed by atoms with van der Waals surface area (Å²) in [6, 6.07) is 3.95. The first-order valence-electron chi connectivity index (χ1n) is 8.34. The highest BCUT2D eigenvalue weighted by Gasteiger charge is 2.26. The van der Waals surface area contributed by atoms with Gasteiger partial charge < -0.3 is 9.73 Å². The van der Waals surface area contributed by atoms with Crippen molar-refractivity contribution >= 4 is 17.7 Å². The van der Waals surface area contributed by atoms with Crippen molar-refractivity contribution in [1.82, 2.24) is 20.5 Å². The zero-order chi connectivity index (χ0) is 16.9. The lowest BCUT2D eigenvalue weighted by Gasteiger charge is -2.30. The zero-order valence-corrected chi connectivity index (χ0v) is 14.8. The monoisotopic (exact) mass is 346 g/mol. The van der Waals surface area contributed by atoms with Crippen molar-refractivity contribution in [3.8, 4) is 11.5 Å². The fourth-order valence-corrected chi connectivity index (χ4v) is 3.59. The van der Waals surface area contributed by atoms with Crippen molar-refractivity contribution in [3.05, 3.63) is 24.5 Å². The van der Waals surface area contributed by atoms with Crippen molar-refractivity contribution in [2.24, 2.45) is 5.92 Å². The van der Waals surface area contributed by atoms with Crippen LogP contribution in [0.25, 0.3) is 11.5 Å². The molecule has 128 valence electrons. The summed E-state index contributed by atoms with van der Waals surface area (Å²) in [4.78, 5) is 16.4. The van der Waals surface area contributed by atoms with E-state index in [9.17, 15) is 4.79 Å². The van der Waals surface area contributed by atoms with Crippen LogP contribution in [0.4, 0.5) is 0 Å². The first kappa shape index (κ1) is 17.0. The number of amides is 1. The average molecular weight is 346 g/mol. The minimum absolute atomic E-state index is 0.0277. The predicted octanol–water partition coefficient (Wildman–Crippen LogP) is 3.31. The van der Waals surface area contributed by atoms with Gasteiger partial charge in [0, 0.05) is 18.4 Å². The van der Waals surface area contributed by atoms with E-state index in [0.29, 0.717) is 17.0 Å². The van der Waals surface area contributed by atoms with Crippen molar-refractivity contribution in [2.75, 3.05) is 0 Å². The molecular weight excluding hydrogens is 324 g/mol. The highest BCUT2D eigenvalue weighted by Crippen LogP contribution is 2.27. The predicted molar refractivity (Wildman–Crippen MR) is 92.4 cm³/mol. The minimum atomic E-state index is -0.277. The molecule has 2 aromatic heterocycles. The van der Waals surface area contributed by atoms with Crippen LogP contribution >= 0.6 is 11.8 Å². The molecule has 1 N–H and O–H groups in total. The van der Waals surface area contributed by atoms with E-state index < -0.39 is 0 Å². The number of carbonyl (C=O) groups is 1. The standard InChI is InChI=1S/C17H22N4O2S/c1-11-6-3-4-8-14(11)19-15(22)12(2)24-17-21-20-16(23-17)13-7-5-9-18-10-13/h5,7,9-12,14H,3-4,6,8H2,1-2H3,(H,19,22)/t11-,12-,14-/m1/s1. The lowest BCUT2D eigenvalue weighted by molar-refractivity contribution is -0.121. The fourth-order valence-electron chi connectivity index (χ4n) is 2.90. The molecule has 0 bridgehead atoms. The third-order valence-corrected chi connectivity index (χ3v) is 5.34. The summed E-state index contributed by atoms with van der Waals surface area (Å²) in [5.41, 5.74) is 0.769. The molecule has 3 rings (SSSR count). The van der Waals surface area contributed by atoms with Crippen LogP contribution < -0.4 is 5.32 Å². The number of nitrogens with zero attached hydrogens (tertiary/aromatic N) is 3. The third-order valence-electron chi connectivity index (χ3n) is 4.40. The Morgan fingerprint density at radius 3 is 2.96 bits per heavy atom. The van der Waals surface area contributed by atoms with Gasteiger partial charge in [-0.3, -0.25) is 9.78 Å². The molecular formula is C17H22N4O2S. The molecule has 1 aliphatic rings. The van der Waals surface area contributed by atoms with Crippen LogP contribution in [0.2, 0.25) is 0 Å². The molecule has 0 aliphatic heterocycles. The molecule has 1 amide bonds. The van der Waals surface area contributed by atoms with Gasteiger partial charge in [-0.15, -0.1) is 10.2 Å². The van der Waals surface area contributed by atoms with Crippen LogP contribution in [0, 0.1) is 5.92 Å². The van der Waals surface area contributed by atoms with Gasteiger partial charge in [-0.2, -0.15) is 0 Å². The van der Waals surface area contributed by atoms with Crippen LogP contribution in [0.3, 0.4) is 0 Å². The summed E-state index contributed by atoms with van der Waals surface area (Å²) in [7, 11) is 0. The number of pyridine rings is 1. The van der Waals surface area contributed by atoms with E-state index in [4.69, 9.17) is 4.42 Å². The van der Waals surface area contributed by atoms with Crippen LogP contribution in [-0.4, -0.2) is 32.4 Å². The minimum Gasteiger partial charge on any atom is -0.411 e. The lowest BCUT2D eigenvalue weighted by atomic mass is 9.86. The van der Waals surface area contributed by atoms with Gasteiger partial charge in [0.25, 0.3) is 5.22 Å². The summed E-state index contributed by atoms with van der Waals surface area (Å²) in [6.45, 7) is 4.07. The van der Waals surface area contributed by atoms with Crippen LogP contribution in [0.15, 0.2) is 34.2 Å². The maximum absolute atomic E-state index is 12.4.